The monoisotopic (exact) mass is 355 g/mol. The zero-order valence-electron chi connectivity index (χ0n) is 14.6. The van der Waals surface area contributed by atoms with Gasteiger partial charge in [0, 0.05) is 23.7 Å². The van der Waals surface area contributed by atoms with Crippen molar-refractivity contribution in [1.29, 1.82) is 0 Å². The Balaban J connectivity index is 1.77. The molecule has 0 aliphatic heterocycles. The molecular weight excluding hydrogens is 334 g/mol. The molecule has 2 aromatic carbocycles. The van der Waals surface area contributed by atoms with Crippen LogP contribution in [-0.4, -0.2) is 17.0 Å². The van der Waals surface area contributed by atoms with Crippen LogP contribution in [0.25, 0.3) is 10.9 Å². The normalized spacial score (nSPS) is 11.0. The van der Waals surface area contributed by atoms with Crippen LogP contribution in [0.15, 0.2) is 48.7 Å². The molecule has 0 amide bonds. The Morgan fingerprint density at radius 1 is 1.16 bits per heavy atom. The van der Waals surface area contributed by atoms with Crippen LogP contribution in [0, 0.1) is 0 Å². The molecule has 0 aliphatic carbocycles. The van der Waals surface area contributed by atoms with E-state index >= 15 is 0 Å². The van der Waals surface area contributed by atoms with Crippen molar-refractivity contribution < 1.29 is 9.53 Å². The van der Waals surface area contributed by atoms with E-state index in [0.29, 0.717) is 17.4 Å². The van der Waals surface area contributed by atoms with Crippen molar-refractivity contribution in [3.63, 3.8) is 0 Å². The number of ketones is 1. The standard InChI is InChI=1S/C21H22ClNO2/c1-3-16-8-6-9-17-18(15(2)24)14-23(21(16)17)12-7-13-25-20-11-5-4-10-19(20)22/h4-6,8-11,14H,3,7,12-13H2,1-2H3. The largest absolute Gasteiger partial charge is 0.492 e. The average molecular weight is 356 g/mol. The number of carbonyl (C=O) groups is 1. The van der Waals surface area contributed by atoms with Gasteiger partial charge in [-0.3, -0.25) is 4.79 Å². The number of Topliss-reactive ketones (excluding diaryl/α,β-unsaturated/α-hetero) is 1. The second-order valence-corrected chi connectivity index (χ2v) is 6.50. The first-order chi connectivity index (χ1) is 12.1. The molecular formula is C21H22ClNO2. The van der Waals surface area contributed by atoms with Gasteiger partial charge in [-0.1, -0.05) is 48.9 Å². The summed E-state index contributed by atoms with van der Waals surface area (Å²) in [6, 6.07) is 13.7. The number of aromatic nitrogens is 1. The molecule has 0 fully saturated rings. The number of hydrogen-bond donors (Lipinski definition) is 0. The third kappa shape index (κ3) is 3.72. The zero-order valence-corrected chi connectivity index (χ0v) is 15.3. The fourth-order valence-electron chi connectivity index (χ4n) is 3.16. The Bertz CT molecular complexity index is 898. The van der Waals surface area contributed by atoms with E-state index in [1.165, 1.54) is 5.56 Å². The first-order valence-electron chi connectivity index (χ1n) is 8.60. The maximum absolute atomic E-state index is 12.0. The number of fused-ring (bicyclic) bond motifs is 1. The van der Waals surface area contributed by atoms with E-state index in [1.54, 1.807) is 6.92 Å². The molecule has 25 heavy (non-hydrogen) atoms. The molecule has 130 valence electrons. The molecule has 0 spiro atoms. The molecule has 0 saturated carbocycles. The maximum Gasteiger partial charge on any atom is 0.161 e. The summed E-state index contributed by atoms with van der Waals surface area (Å²) >= 11 is 6.11. The molecule has 1 heterocycles. The minimum absolute atomic E-state index is 0.101. The lowest BCUT2D eigenvalue weighted by atomic mass is 10.1. The highest BCUT2D eigenvalue weighted by Crippen LogP contribution is 2.27. The minimum Gasteiger partial charge on any atom is -0.492 e. The van der Waals surface area contributed by atoms with Crippen LogP contribution in [0.3, 0.4) is 0 Å². The Morgan fingerprint density at radius 3 is 2.68 bits per heavy atom. The molecule has 1 aromatic heterocycles. The van der Waals surface area contributed by atoms with Gasteiger partial charge in [-0.2, -0.15) is 0 Å². The lowest BCUT2D eigenvalue weighted by Crippen LogP contribution is -2.05. The fraction of sp³-hybridized carbons (Fsp3) is 0.286. The number of halogens is 1. The van der Waals surface area contributed by atoms with Crippen LogP contribution in [0.2, 0.25) is 5.02 Å². The van der Waals surface area contributed by atoms with E-state index < -0.39 is 0 Å². The quantitative estimate of drug-likeness (QED) is 0.412. The van der Waals surface area contributed by atoms with Gasteiger partial charge < -0.3 is 9.30 Å². The summed E-state index contributed by atoms with van der Waals surface area (Å²) in [7, 11) is 0. The third-order valence-corrected chi connectivity index (χ3v) is 4.69. The second kappa shape index (κ2) is 7.75. The molecule has 0 saturated heterocycles. The lowest BCUT2D eigenvalue weighted by Gasteiger charge is -2.10. The van der Waals surface area contributed by atoms with Crippen molar-refractivity contribution in [2.45, 2.75) is 33.2 Å². The summed E-state index contributed by atoms with van der Waals surface area (Å²) in [5, 5.41) is 1.67. The number of benzene rings is 2. The molecule has 0 bridgehead atoms. The van der Waals surface area contributed by atoms with Gasteiger partial charge in [-0.15, -0.1) is 0 Å². The van der Waals surface area contributed by atoms with Gasteiger partial charge >= 0.3 is 0 Å². The molecule has 3 nitrogen and oxygen atoms in total. The van der Waals surface area contributed by atoms with Crippen LogP contribution in [0.5, 0.6) is 5.75 Å². The summed E-state index contributed by atoms with van der Waals surface area (Å²) < 4.78 is 7.95. The summed E-state index contributed by atoms with van der Waals surface area (Å²) in [6.45, 7) is 5.14. The third-order valence-electron chi connectivity index (χ3n) is 4.38. The van der Waals surface area contributed by atoms with E-state index in [4.69, 9.17) is 16.3 Å². The zero-order chi connectivity index (χ0) is 17.8. The Morgan fingerprint density at radius 2 is 1.96 bits per heavy atom. The molecule has 0 aliphatic rings. The number of ether oxygens (including phenoxy) is 1. The summed E-state index contributed by atoms with van der Waals surface area (Å²) in [5.41, 5.74) is 3.21. The van der Waals surface area contributed by atoms with Gasteiger partial charge in [0.05, 0.1) is 17.1 Å². The van der Waals surface area contributed by atoms with E-state index in [9.17, 15) is 4.79 Å². The van der Waals surface area contributed by atoms with Crippen molar-refractivity contribution in [2.75, 3.05) is 6.61 Å². The highest BCUT2D eigenvalue weighted by molar-refractivity contribution is 6.32. The Kier molecular flexibility index (Phi) is 5.44. The van der Waals surface area contributed by atoms with Gasteiger partial charge in [0.15, 0.2) is 5.78 Å². The molecule has 0 radical (unpaired) electrons. The van der Waals surface area contributed by atoms with Crippen LogP contribution >= 0.6 is 11.6 Å². The molecule has 0 unspecified atom stereocenters. The first-order valence-corrected chi connectivity index (χ1v) is 8.98. The average Bonchev–Trinajstić information content (AvgIpc) is 2.99. The number of para-hydroxylation sites is 2. The van der Waals surface area contributed by atoms with Crippen molar-refractivity contribution >= 4 is 28.3 Å². The van der Waals surface area contributed by atoms with Gasteiger partial charge in [-0.25, -0.2) is 0 Å². The SMILES string of the molecule is CCc1cccc2c(C(C)=O)cn(CCCOc3ccccc3Cl)c12. The second-order valence-electron chi connectivity index (χ2n) is 6.09. The number of carbonyl (C=O) groups excluding carboxylic acids is 1. The van der Waals surface area contributed by atoms with Crippen molar-refractivity contribution in [2.24, 2.45) is 0 Å². The van der Waals surface area contributed by atoms with E-state index in [-0.39, 0.29) is 5.78 Å². The number of nitrogens with zero attached hydrogens (tertiary/aromatic N) is 1. The maximum atomic E-state index is 12.0. The molecule has 0 N–H and O–H groups in total. The molecule has 3 aromatic rings. The van der Waals surface area contributed by atoms with Gasteiger partial charge in [-0.05, 0) is 37.5 Å². The topological polar surface area (TPSA) is 31.2 Å². The van der Waals surface area contributed by atoms with Gasteiger partial charge in [0.2, 0.25) is 0 Å². The van der Waals surface area contributed by atoms with Crippen LogP contribution in [0.1, 0.15) is 36.2 Å². The van der Waals surface area contributed by atoms with Crippen LogP contribution < -0.4 is 4.74 Å². The van der Waals surface area contributed by atoms with Crippen molar-refractivity contribution in [3.05, 3.63) is 64.8 Å². The van der Waals surface area contributed by atoms with E-state index in [0.717, 1.165) is 35.9 Å². The van der Waals surface area contributed by atoms with Crippen molar-refractivity contribution in [3.8, 4) is 5.75 Å². The first kappa shape index (κ1) is 17.6. The van der Waals surface area contributed by atoms with Crippen molar-refractivity contribution in [1.82, 2.24) is 4.57 Å². The Hall–Kier alpha value is -2.26. The van der Waals surface area contributed by atoms with Crippen LogP contribution in [-0.2, 0) is 13.0 Å². The highest BCUT2D eigenvalue weighted by Gasteiger charge is 2.14. The van der Waals surface area contributed by atoms with E-state index in [2.05, 4.69) is 17.6 Å². The summed E-state index contributed by atoms with van der Waals surface area (Å²) in [4.78, 5) is 12.0. The molecule has 0 atom stereocenters. The van der Waals surface area contributed by atoms with Crippen LogP contribution in [0.4, 0.5) is 0 Å². The summed E-state index contributed by atoms with van der Waals surface area (Å²) in [5.74, 6) is 0.810. The molecule has 3 rings (SSSR count). The van der Waals surface area contributed by atoms with E-state index in [1.807, 2.05) is 42.6 Å². The van der Waals surface area contributed by atoms with Gasteiger partial charge in [0.25, 0.3) is 0 Å². The lowest BCUT2D eigenvalue weighted by molar-refractivity contribution is 0.101. The number of aryl methyl sites for hydroxylation is 2. The highest BCUT2D eigenvalue weighted by atomic mass is 35.5. The predicted molar refractivity (Wildman–Crippen MR) is 103 cm³/mol. The van der Waals surface area contributed by atoms with Gasteiger partial charge in [0.1, 0.15) is 5.75 Å². The number of rotatable bonds is 7. The fourth-order valence-corrected chi connectivity index (χ4v) is 3.35. The molecule has 4 heteroatoms. The Labute approximate surface area is 153 Å². The minimum atomic E-state index is 0.101. The smallest absolute Gasteiger partial charge is 0.161 e. The predicted octanol–water partition coefficient (Wildman–Crippen LogP) is 5.53. The summed E-state index contributed by atoms with van der Waals surface area (Å²) in [6.07, 6.45) is 3.75. The number of hydrogen-bond acceptors (Lipinski definition) is 2.